The van der Waals surface area contributed by atoms with Gasteiger partial charge in [0.05, 0.1) is 5.56 Å². The number of thioether (sulfide) groups is 1. The maximum atomic E-state index is 12.7. The Balaban J connectivity index is 1.50. The third kappa shape index (κ3) is 4.43. The van der Waals surface area contributed by atoms with Crippen LogP contribution in [0.2, 0.25) is 0 Å². The minimum Gasteiger partial charge on any atom is -0.352 e. The maximum Gasteiger partial charge on any atom is 0.256 e. The first-order valence-electron chi connectivity index (χ1n) is 8.80. The maximum absolute atomic E-state index is 12.7. The zero-order chi connectivity index (χ0) is 18.4. The highest BCUT2D eigenvalue weighted by atomic mass is 32.2. The van der Waals surface area contributed by atoms with Crippen LogP contribution in [0.5, 0.6) is 0 Å². The van der Waals surface area contributed by atoms with Crippen LogP contribution >= 0.6 is 11.8 Å². The molecule has 0 spiro atoms. The quantitative estimate of drug-likeness (QED) is 0.823. The standard InChI is InChI=1S/C20H23N3O2S/c1-26-19-17(8-5-11-21-19)20(25)23-12-9-15(10-13-23)14-22-18(24)16-6-3-2-4-7-16/h2-8,11,15H,9-10,12-14H2,1H3,(H,22,24). The Kier molecular flexibility index (Phi) is 6.28. The number of nitrogens with one attached hydrogen (secondary N) is 1. The van der Waals surface area contributed by atoms with Gasteiger partial charge in [-0.3, -0.25) is 9.59 Å². The van der Waals surface area contributed by atoms with Crippen LogP contribution in [0.1, 0.15) is 33.6 Å². The SMILES string of the molecule is CSc1ncccc1C(=O)N1CCC(CNC(=O)c2ccccc2)CC1. The van der Waals surface area contributed by atoms with Gasteiger partial charge in [0.2, 0.25) is 0 Å². The number of piperidine rings is 1. The van der Waals surface area contributed by atoms with E-state index in [1.807, 2.05) is 47.6 Å². The molecule has 2 aromatic rings. The molecule has 1 fully saturated rings. The Morgan fingerprint density at radius 3 is 2.58 bits per heavy atom. The Labute approximate surface area is 158 Å². The number of pyridine rings is 1. The molecule has 1 aromatic carbocycles. The number of rotatable bonds is 5. The molecule has 6 heteroatoms. The molecule has 5 nitrogen and oxygen atoms in total. The van der Waals surface area contributed by atoms with Crippen molar-refractivity contribution in [3.05, 3.63) is 59.8 Å². The lowest BCUT2D eigenvalue weighted by Crippen LogP contribution is -2.41. The molecule has 136 valence electrons. The van der Waals surface area contributed by atoms with Crippen LogP contribution in [0.3, 0.4) is 0 Å². The van der Waals surface area contributed by atoms with E-state index in [1.165, 1.54) is 11.8 Å². The number of hydrogen-bond donors (Lipinski definition) is 1. The van der Waals surface area contributed by atoms with Gasteiger partial charge in [0.25, 0.3) is 11.8 Å². The van der Waals surface area contributed by atoms with Gasteiger partial charge in [-0.25, -0.2) is 4.98 Å². The first kappa shape index (κ1) is 18.5. The first-order chi connectivity index (χ1) is 12.7. The minimum atomic E-state index is -0.0379. The Morgan fingerprint density at radius 2 is 1.88 bits per heavy atom. The molecule has 1 aromatic heterocycles. The molecule has 3 rings (SSSR count). The highest BCUT2D eigenvalue weighted by Gasteiger charge is 2.25. The van der Waals surface area contributed by atoms with Crippen molar-refractivity contribution in [1.29, 1.82) is 0 Å². The predicted molar refractivity (Wildman–Crippen MR) is 103 cm³/mol. The number of carbonyl (C=O) groups is 2. The largest absolute Gasteiger partial charge is 0.352 e. The van der Waals surface area contributed by atoms with Gasteiger partial charge in [0.15, 0.2) is 0 Å². The molecular formula is C20H23N3O2S. The fourth-order valence-corrected chi connectivity index (χ4v) is 3.70. The number of likely N-dealkylation sites (tertiary alicyclic amines) is 1. The molecule has 2 amide bonds. The third-order valence-electron chi connectivity index (χ3n) is 4.68. The van der Waals surface area contributed by atoms with Crippen molar-refractivity contribution in [2.24, 2.45) is 5.92 Å². The fourth-order valence-electron chi connectivity index (χ4n) is 3.16. The molecule has 0 radical (unpaired) electrons. The van der Waals surface area contributed by atoms with Gasteiger partial charge in [0.1, 0.15) is 5.03 Å². The third-order valence-corrected chi connectivity index (χ3v) is 5.40. The lowest BCUT2D eigenvalue weighted by molar-refractivity contribution is 0.0680. The number of hydrogen-bond acceptors (Lipinski definition) is 4. The average Bonchev–Trinajstić information content (AvgIpc) is 2.72. The van der Waals surface area contributed by atoms with Crippen molar-refractivity contribution < 1.29 is 9.59 Å². The zero-order valence-electron chi connectivity index (χ0n) is 14.9. The van der Waals surface area contributed by atoms with E-state index >= 15 is 0 Å². The second-order valence-electron chi connectivity index (χ2n) is 6.37. The first-order valence-corrected chi connectivity index (χ1v) is 10.0. The summed E-state index contributed by atoms with van der Waals surface area (Å²) in [7, 11) is 0. The highest BCUT2D eigenvalue weighted by Crippen LogP contribution is 2.22. The fraction of sp³-hybridized carbons (Fsp3) is 0.350. The summed E-state index contributed by atoms with van der Waals surface area (Å²) >= 11 is 1.49. The Morgan fingerprint density at radius 1 is 1.15 bits per heavy atom. The summed E-state index contributed by atoms with van der Waals surface area (Å²) in [5, 5.41) is 3.78. The Bertz CT molecular complexity index is 759. The highest BCUT2D eigenvalue weighted by molar-refractivity contribution is 7.98. The van der Waals surface area contributed by atoms with Crippen LogP contribution < -0.4 is 5.32 Å². The van der Waals surface area contributed by atoms with Crippen LogP contribution in [-0.4, -0.2) is 47.6 Å². The molecule has 0 unspecified atom stereocenters. The molecule has 0 bridgehead atoms. The summed E-state index contributed by atoms with van der Waals surface area (Å²) in [6, 6.07) is 12.9. The number of carbonyl (C=O) groups excluding carboxylic acids is 2. The average molecular weight is 369 g/mol. The van der Waals surface area contributed by atoms with Crippen molar-refractivity contribution in [2.75, 3.05) is 25.9 Å². The number of nitrogens with zero attached hydrogens (tertiary/aromatic N) is 2. The van der Waals surface area contributed by atoms with Crippen molar-refractivity contribution in [3.63, 3.8) is 0 Å². The lowest BCUT2D eigenvalue weighted by Gasteiger charge is -2.32. The monoisotopic (exact) mass is 369 g/mol. The Hall–Kier alpha value is -2.34. The molecular weight excluding hydrogens is 346 g/mol. The molecule has 0 saturated carbocycles. The molecule has 1 aliphatic rings. The van der Waals surface area contributed by atoms with Crippen molar-refractivity contribution in [1.82, 2.24) is 15.2 Å². The van der Waals surface area contributed by atoms with E-state index in [9.17, 15) is 9.59 Å². The molecule has 2 heterocycles. The molecule has 0 aliphatic carbocycles. The van der Waals surface area contributed by atoms with E-state index in [-0.39, 0.29) is 11.8 Å². The molecule has 1 aliphatic heterocycles. The number of benzene rings is 1. The summed E-state index contributed by atoms with van der Waals surface area (Å²) < 4.78 is 0. The summed E-state index contributed by atoms with van der Waals surface area (Å²) in [4.78, 5) is 31.0. The predicted octanol–water partition coefficient (Wildman–Crippen LogP) is 3.09. The summed E-state index contributed by atoms with van der Waals surface area (Å²) in [6.07, 6.45) is 5.44. The van der Waals surface area contributed by atoms with Gasteiger partial charge in [-0.1, -0.05) is 18.2 Å². The van der Waals surface area contributed by atoms with Crippen LogP contribution in [0.25, 0.3) is 0 Å². The second-order valence-corrected chi connectivity index (χ2v) is 7.17. The molecule has 0 atom stereocenters. The van der Waals surface area contributed by atoms with Crippen molar-refractivity contribution in [3.8, 4) is 0 Å². The van der Waals surface area contributed by atoms with Crippen molar-refractivity contribution in [2.45, 2.75) is 17.9 Å². The van der Waals surface area contributed by atoms with E-state index in [2.05, 4.69) is 10.3 Å². The van der Waals surface area contributed by atoms with Gasteiger partial charge >= 0.3 is 0 Å². The summed E-state index contributed by atoms with van der Waals surface area (Å²) in [6.45, 7) is 2.08. The van der Waals surface area contributed by atoms with Crippen LogP contribution in [0.15, 0.2) is 53.7 Å². The number of amides is 2. The molecule has 1 saturated heterocycles. The van der Waals surface area contributed by atoms with Crippen LogP contribution in [-0.2, 0) is 0 Å². The van der Waals surface area contributed by atoms with Crippen LogP contribution in [0, 0.1) is 5.92 Å². The van der Waals surface area contributed by atoms with Gasteiger partial charge in [-0.05, 0) is 49.3 Å². The van der Waals surface area contributed by atoms with Gasteiger partial charge in [-0.2, -0.15) is 0 Å². The van der Waals surface area contributed by atoms with Crippen LogP contribution in [0.4, 0.5) is 0 Å². The van der Waals surface area contributed by atoms with E-state index in [0.717, 1.165) is 17.9 Å². The second kappa shape index (κ2) is 8.85. The minimum absolute atomic E-state index is 0.0379. The van der Waals surface area contributed by atoms with Gasteiger partial charge in [-0.15, -0.1) is 11.8 Å². The van der Waals surface area contributed by atoms with Gasteiger partial charge in [0, 0.05) is 31.4 Å². The smallest absolute Gasteiger partial charge is 0.256 e. The van der Waals surface area contributed by atoms with E-state index in [4.69, 9.17) is 0 Å². The van der Waals surface area contributed by atoms with E-state index in [1.54, 1.807) is 12.3 Å². The van der Waals surface area contributed by atoms with Gasteiger partial charge < -0.3 is 10.2 Å². The summed E-state index contributed by atoms with van der Waals surface area (Å²) in [5.74, 6) is 0.416. The lowest BCUT2D eigenvalue weighted by atomic mass is 9.96. The molecule has 26 heavy (non-hydrogen) atoms. The topological polar surface area (TPSA) is 62.3 Å². The van der Waals surface area contributed by atoms with Crippen molar-refractivity contribution >= 4 is 23.6 Å². The number of aromatic nitrogens is 1. The zero-order valence-corrected chi connectivity index (χ0v) is 15.7. The normalized spacial score (nSPS) is 14.9. The van der Waals surface area contributed by atoms with E-state index in [0.29, 0.717) is 36.7 Å². The van der Waals surface area contributed by atoms with E-state index < -0.39 is 0 Å². The molecule has 1 N–H and O–H groups in total. The summed E-state index contributed by atoms with van der Waals surface area (Å²) in [5.41, 5.74) is 1.36.